The van der Waals surface area contributed by atoms with Gasteiger partial charge in [-0.05, 0) is 75.8 Å². The molecule has 1 aliphatic carbocycles. The highest BCUT2D eigenvalue weighted by Crippen LogP contribution is 2.28. The van der Waals surface area contributed by atoms with Crippen molar-refractivity contribution in [1.29, 1.82) is 0 Å². The van der Waals surface area contributed by atoms with Crippen LogP contribution in [0.3, 0.4) is 0 Å². The van der Waals surface area contributed by atoms with E-state index in [1.807, 2.05) is 0 Å². The molecule has 1 saturated carbocycles. The molecule has 1 N–H and O–H groups in total. The molecule has 0 spiro atoms. The van der Waals surface area contributed by atoms with Crippen molar-refractivity contribution in [1.82, 2.24) is 9.21 Å². The minimum atomic E-state index is -3.46. The van der Waals surface area contributed by atoms with E-state index in [-0.39, 0.29) is 18.2 Å². The Morgan fingerprint density at radius 1 is 1.06 bits per heavy atom. The highest BCUT2D eigenvalue weighted by Gasteiger charge is 2.31. The number of aliphatic hydroxyl groups excluding tert-OH is 1. The number of hydrogen-bond donors (Lipinski definition) is 1. The molecule has 0 bridgehead atoms. The van der Waals surface area contributed by atoms with Gasteiger partial charge in [0.15, 0.2) is 0 Å². The standard InChI is InChI=1S/C23H37BrN2O4S/c1-25(31(28,29)23-12-6-19(24)7-13-23)20-8-10-22(11-9-20)30-17-5-3-2-4-15-26-16-14-21(27)18-26/h6-7,12-13,20-22,27H,2-5,8-11,14-18H2,1H3/t20-,21?,22-. The van der Waals surface area contributed by atoms with Crippen LogP contribution in [0, 0.1) is 0 Å². The molecular formula is C23H37BrN2O4S. The van der Waals surface area contributed by atoms with Crippen molar-refractivity contribution in [2.75, 3.05) is 33.3 Å². The van der Waals surface area contributed by atoms with Gasteiger partial charge >= 0.3 is 0 Å². The van der Waals surface area contributed by atoms with E-state index in [1.54, 1.807) is 35.6 Å². The molecule has 6 nitrogen and oxygen atoms in total. The fraction of sp³-hybridized carbons (Fsp3) is 0.739. The van der Waals surface area contributed by atoms with E-state index in [2.05, 4.69) is 20.8 Å². The molecule has 1 aromatic rings. The van der Waals surface area contributed by atoms with Crippen LogP contribution in [0.25, 0.3) is 0 Å². The summed E-state index contributed by atoms with van der Waals surface area (Å²) in [7, 11) is -1.76. The first kappa shape index (κ1) is 25.1. The Balaban J connectivity index is 1.28. The molecule has 176 valence electrons. The van der Waals surface area contributed by atoms with Gasteiger partial charge in [-0.15, -0.1) is 0 Å². The monoisotopic (exact) mass is 516 g/mol. The SMILES string of the molecule is CN([C@H]1CC[C@H](OCCCCCCN2CCC(O)C2)CC1)S(=O)(=O)c1ccc(Br)cc1. The number of aliphatic hydroxyl groups is 1. The van der Waals surface area contributed by atoms with Crippen LogP contribution in [0.5, 0.6) is 0 Å². The molecule has 1 saturated heterocycles. The smallest absolute Gasteiger partial charge is 0.243 e. The van der Waals surface area contributed by atoms with E-state index in [0.717, 1.165) is 69.2 Å². The maximum absolute atomic E-state index is 12.9. The van der Waals surface area contributed by atoms with Gasteiger partial charge in [0.25, 0.3) is 0 Å². The van der Waals surface area contributed by atoms with Crippen molar-refractivity contribution < 1.29 is 18.3 Å². The Labute approximate surface area is 196 Å². The lowest BCUT2D eigenvalue weighted by molar-refractivity contribution is 0.0156. The number of ether oxygens (including phenoxy) is 1. The molecule has 8 heteroatoms. The number of likely N-dealkylation sites (tertiary alicyclic amines) is 1. The van der Waals surface area contributed by atoms with E-state index in [0.29, 0.717) is 4.90 Å². The topological polar surface area (TPSA) is 70.1 Å². The quantitative estimate of drug-likeness (QED) is 0.449. The summed E-state index contributed by atoms with van der Waals surface area (Å²) in [6.07, 6.45) is 9.25. The van der Waals surface area contributed by atoms with Crippen molar-refractivity contribution in [3.8, 4) is 0 Å². The molecule has 0 amide bonds. The Kier molecular flexibility index (Phi) is 9.80. The third-order valence-corrected chi connectivity index (χ3v) is 9.07. The Morgan fingerprint density at radius 3 is 2.39 bits per heavy atom. The van der Waals surface area contributed by atoms with Crippen LogP contribution >= 0.6 is 15.9 Å². The van der Waals surface area contributed by atoms with Crippen molar-refractivity contribution >= 4 is 26.0 Å². The van der Waals surface area contributed by atoms with Gasteiger partial charge < -0.3 is 14.7 Å². The predicted molar refractivity (Wildman–Crippen MR) is 127 cm³/mol. The van der Waals surface area contributed by atoms with Crippen LogP contribution in [0.2, 0.25) is 0 Å². The lowest BCUT2D eigenvalue weighted by Crippen LogP contribution is -2.40. The lowest BCUT2D eigenvalue weighted by Gasteiger charge is -2.34. The summed E-state index contributed by atoms with van der Waals surface area (Å²) in [6, 6.07) is 6.88. The van der Waals surface area contributed by atoms with Gasteiger partial charge in [-0.25, -0.2) is 8.42 Å². The fourth-order valence-electron chi connectivity index (χ4n) is 4.60. The number of β-amino-alcohol motifs (C(OH)–C–C–N with tert-alkyl or cyclic N) is 1. The first-order valence-corrected chi connectivity index (χ1v) is 13.8. The molecular weight excluding hydrogens is 480 g/mol. The summed E-state index contributed by atoms with van der Waals surface area (Å²) in [6.45, 7) is 3.77. The van der Waals surface area contributed by atoms with Gasteiger partial charge in [-0.1, -0.05) is 28.8 Å². The molecule has 1 atom stereocenters. The average Bonchev–Trinajstić information content (AvgIpc) is 3.18. The largest absolute Gasteiger partial charge is 0.392 e. The van der Waals surface area contributed by atoms with Crippen LogP contribution in [0.15, 0.2) is 33.6 Å². The highest BCUT2D eigenvalue weighted by atomic mass is 79.9. The summed E-state index contributed by atoms with van der Waals surface area (Å²) in [4.78, 5) is 2.70. The highest BCUT2D eigenvalue weighted by molar-refractivity contribution is 9.10. The third-order valence-electron chi connectivity index (χ3n) is 6.62. The van der Waals surface area contributed by atoms with Gasteiger partial charge in [0.05, 0.1) is 17.1 Å². The summed E-state index contributed by atoms with van der Waals surface area (Å²) < 4.78 is 34.3. The van der Waals surface area contributed by atoms with E-state index < -0.39 is 10.0 Å². The Hall–Kier alpha value is -0.510. The molecule has 1 heterocycles. The van der Waals surface area contributed by atoms with Crippen LogP contribution in [-0.2, 0) is 14.8 Å². The molecule has 0 radical (unpaired) electrons. The first-order chi connectivity index (χ1) is 14.9. The van der Waals surface area contributed by atoms with Crippen molar-refractivity contribution in [2.24, 2.45) is 0 Å². The van der Waals surface area contributed by atoms with Crippen molar-refractivity contribution in [2.45, 2.75) is 80.9 Å². The summed E-state index contributed by atoms with van der Waals surface area (Å²) >= 11 is 3.35. The van der Waals surface area contributed by atoms with E-state index in [1.165, 1.54) is 19.3 Å². The van der Waals surface area contributed by atoms with Crippen LogP contribution in [-0.4, -0.2) is 74.3 Å². The van der Waals surface area contributed by atoms with E-state index >= 15 is 0 Å². The second-order valence-electron chi connectivity index (χ2n) is 8.93. The minimum absolute atomic E-state index is 0.0394. The van der Waals surface area contributed by atoms with Gasteiger partial charge in [-0.3, -0.25) is 0 Å². The predicted octanol–water partition coefficient (Wildman–Crippen LogP) is 4.02. The maximum atomic E-state index is 12.9. The zero-order chi connectivity index (χ0) is 22.3. The number of halogens is 1. The molecule has 3 rings (SSSR count). The molecule has 1 aromatic carbocycles. The van der Waals surface area contributed by atoms with Gasteiger partial charge in [-0.2, -0.15) is 4.31 Å². The van der Waals surface area contributed by atoms with Gasteiger partial charge in [0, 0.05) is 37.3 Å². The summed E-state index contributed by atoms with van der Waals surface area (Å²) in [5, 5.41) is 9.55. The number of benzene rings is 1. The second-order valence-corrected chi connectivity index (χ2v) is 11.8. The van der Waals surface area contributed by atoms with Crippen molar-refractivity contribution in [3.05, 3.63) is 28.7 Å². The number of hydrogen-bond acceptors (Lipinski definition) is 5. The van der Waals surface area contributed by atoms with Crippen LogP contribution < -0.4 is 0 Å². The van der Waals surface area contributed by atoms with E-state index in [4.69, 9.17) is 4.74 Å². The second kappa shape index (κ2) is 12.1. The average molecular weight is 518 g/mol. The first-order valence-electron chi connectivity index (χ1n) is 11.6. The van der Waals surface area contributed by atoms with Crippen LogP contribution in [0.4, 0.5) is 0 Å². The Morgan fingerprint density at radius 2 is 1.74 bits per heavy atom. The molecule has 31 heavy (non-hydrogen) atoms. The van der Waals surface area contributed by atoms with E-state index in [9.17, 15) is 13.5 Å². The number of rotatable bonds is 11. The van der Waals surface area contributed by atoms with Crippen LogP contribution in [0.1, 0.15) is 57.8 Å². The summed E-state index contributed by atoms with van der Waals surface area (Å²) in [5.41, 5.74) is 0. The summed E-state index contributed by atoms with van der Waals surface area (Å²) in [5.74, 6) is 0. The molecule has 1 unspecified atom stereocenters. The minimum Gasteiger partial charge on any atom is -0.392 e. The number of sulfonamides is 1. The van der Waals surface area contributed by atoms with Gasteiger partial charge in [0.2, 0.25) is 10.0 Å². The molecule has 0 aromatic heterocycles. The molecule has 2 fully saturated rings. The lowest BCUT2D eigenvalue weighted by atomic mass is 9.93. The molecule has 2 aliphatic rings. The Bertz CT molecular complexity index is 766. The number of nitrogens with zero attached hydrogens (tertiary/aromatic N) is 2. The maximum Gasteiger partial charge on any atom is 0.243 e. The zero-order valence-electron chi connectivity index (χ0n) is 18.6. The third kappa shape index (κ3) is 7.51. The van der Waals surface area contributed by atoms with Gasteiger partial charge in [0.1, 0.15) is 0 Å². The number of unbranched alkanes of at least 4 members (excludes halogenated alkanes) is 3. The zero-order valence-corrected chi connectivity index (χ0v) is 21.0. The fourth-order valence-corrected chi connectivity index (χ4v) is 6.28. The molecule has 1 aliphatic heterocycles. The van der Waals surface area contributed by atoms with Crippen molar-refractivity contribution in [3.63, 3.8) is 0 Å². The normalized spacial score (nSPS) is 25.4.